The molecule has 1 aromatic carbocycles. The van der Waals surface area contributed by atoms with E-state index in [1.165, 1.54) is 0 Å². The Morgan fingerprint density at radius 1 is 1.15 bits per heavy atom. The number of hydrogen-bond donors (Lipinski definition) is 1. The minimum Gasteiger partial charge on any atom is -0.456 e. The predicted octanol–water partition coefficient (Wildman–Crippen LogP) is 3.40. The average Bonchev–Trinajstić information content (AvgIpc) is 2.25. The number of aryl methyl sites for hydroxylation is 2. The van der Waals surface area contributed by atoms with Gasteiger partial charge in [-0.05, 0) is 13.8 Å². The average molecular weight is 294 g/mol. The maximum absolute atomic E-state index is 13.2. The fourth-order valence-electron chi connectivity index (χ4n) is 1.89. The Kier molecular flexibility index (Phi) is 3.94. The van der Waals surface area contributed by atoms with Crippen molar-refractivity contribution in [2.45, 2.75) is 13.8 Å². The summed E-state index contributed by atoms with van der Waals surface area (Å²) in [6.45, 7) is 3.51. The summed E-state index contributed by atoms with van der Waals surface area (Å²) in [5.74, 6) is -1.09. The first-order chi connectivity index (χ1) is 9.36. The second-order valence-electron chi connectivity index (χ2n) is 4.29. The third-order valence-electron chi connectivity index (χ3n) is 2.60. The molecule has 0 unspecified atom stereocenters. The molecule has 0 amide bonds. The third-order valence-corrected chi connectivity index (χ3v) is 2.81. The zero-order valence-corrected chi connectivity index (χ0v) is 11.7. The molecule has 0 atom stereocenters. The van der Waals surface area contributed by atoms with Crippen molar-refractivity contribution in [3.8, 4) is 11.5 Å². The number of nitrogens with two attached hydrogens (primary N) is 1. The zero-order chi connectivity index (χ0) is 14.9. The number of hydrogen-bond acceptors (Lipinski definition) is 3. The van der Waals surface area contributed by atoms with Gasteiger partial charge in [0.25, 0.3) is 0 Å². The highest BCUT2D eigenvalue weighted by molar-refractivity contribution is 7.80. The van der Waals surface area contributed by atoms with Crippen LogP contribution in [0.2, 0.25) is 0 Å². The van der Waals surface area contributed by atoms with E-state index in [9.17, 15) is 8.78 Å². The lowest BCUT2D eigenvalue weighted by Crippen LogP contribution is -2.14. The van der Waals surface area contributed by atoms with Crippen LogP contribution in [-0.2, 0) is 0 Å². The van der Waals surface area contributed by atoms with Crippen LogP contribution in [0.4, 0.5) is 8.78 Å². The van der Waals surface area contributed by atoms with Crippen LogP contribution >= 0.6 is 12.2 Å². The summed E-state index contributed by atoms with van der Waals surface area (Å²) in [6, 6.07) is 4.55. The van der Waals surface area contributed by atoms with Crippen molar-refractivity contribution in [1.29, 1.82) is 0 Å². The number of aromatic nitrogens is 1. The van der Waals surface area contributed by atoms with Gasteiger partial charge in [0.2, 0.25) is 0 Å². The molecular weight excluding hydrogens is 282 g/mol. The number of pyridine rings is 1. The Bertz CT molecular complexity index is 669. The molecule has 0 saturated heterocycles. The Hall–Kier alpha value is -2.08. The monoisotopic (exact) mass is 294 g/mol. The van der Waals surface area contributed by atoms with Gasteiger partial charge in [-0.2, -0.15) is 0 Å². The normalized spacial score (nSPS) is 10.4. The SMILES string of the molecule is Cc1cc(Oc2cc(F)cc(F)c2)c(C(N)=S)c(C)n1. The molecule has 0 saturated carbocycles. The first-order valence-electron chi connectivity index (χ1n) is 5.79. The van der Waals surface area contributed by atoms with E-state index < -0.39 is 11.6 Å². The molecule has 1 heterocycles. The molecule has 2 rings (SSSR count). The van der Waals surface area contributed by atoms with E-state index in [-0.39, 0.29) is 10.7 Å². The van der Waals surface area contributed by atoms with Crippen LogP contribution in [0, 0.1) is 25.5 Å². The van der Waals surface area contributed by atoms with Crippen molar-refractivity contribution in [2.75, 3.05) is 0 Å². The fraction of sp³-hybridized carbons (Fsp3) is 0.143. The van der Waals surface area contributed by atoms with E-state index in [0.717, 1.165) is 18.2 Å². The number of benzene rings is 1. The van der Waals surface area contributed by atoms with Crippen LogP contribution < -0.4 is 10.5 Å². The molecule has 1 aromatic heterocycles. The van der Waals surface area contributed by atoms with E-state index in [1.54, 1.807) is 19.9 Å². The second-order valence-corrected chi connectivity index (χ2v) is 4.73. The number of rotatable bonds is 3. The Labute approximate surface area is 120 Å². The van der Waals surface area contributed by atoms with E-state index in [2.05, 4.69) is 4.98 Å². The van der Waals surface area contributed by atoms with Crippen LogP contribution in [-0.4, -0.2) is 9.97 Å². The van der Waals surface area contributed by atoms with Crippen molar-refractivity contribution in [1.82, 2.24) is 4.98 Å². The van der Waals surface area contributed by atoms with Gasteiger partial charge in [0.05, 0.1) is 11.3 Å². The van der Waals surface area contributed by atoms with Gasteiger partial charge in [0.15, 0.2) is 0 Å². The van der Waals surface area contributed by atoms with E-state index in [1.807, 2.05) is 0 Å². The molecule has 0 aliphatic rings. The quantitative estimate of drug-likeness (QED) is 0.881. The number of thiocarbonyl (C=S) groups is 1. The standard InChI is InChI=1S/C14H12F2N2OS/c1-7-3-12(13(14(17)20)8(2)18-7)19-11-5-9(15)4-10(16)6-11/h3-6H,1-2H3,(H2,17,20). The van der Waals surface area contributed by atoms with Crippen LogP contribution in [0.3, 0.4) is 0 Å². The molecule has 2 N–H and O–H groups in total. The van der Waals surface area contributed by atoms with Crippen LogP contribution in [0.5, 0.6) is 11.5 Å². The summed E-state index contributed by atoms with van der Waals surface area (Å²) in [7, 11) is 0. The highest BCUT2D eigenvalue weighted by Gasteiger charge is 2.14. The molecule has 6 heteroatoms. The van der Waals surface area contributed by atoms with Crippen LogP contribution in [0.1, 0.15) is 17.0 Å². The highest BCUT2D eigenvalue weighted by atomic mass is 32.1. The van der Waals surface area contributed by atoms with E-state index in [0.29, 0.717) is 22.7 Å². The van der Waals surface area contributed by atoms with Gasteiger partial charge < -0.3 is 10.5 Å². The van der Waals surface area contributed by atoms with Gasteiger partial charge >= 0.3 is 0 Å². The van der Waals surface area contributed by atoms with Crippen LogP contribution in [0.25, 0.3) is 0 Å². The van der Waals surface area contributed by atoms with Crippen molar-refractivity contribution in [2.24, 2.45) is 5.73 Å². The van der Waals surface area contributed by atoms with Crippen molar-refractivity contribution in [3.63, 3.8) is 0 Å². The summed E-state index contributed by atoms with van der Waals surface area (Å²) in [5.41, 5.74) is 7.39. The summed E-state index contributed by atoms with van der Waals surface area (Å²) in [6.07, 6.45) is 0. The molecule has 104 valence electrons. The largest absolute Gasteiger partial charge is 0.456 e. The van der Waals surface area contributed by atoms with Crippen molar-refractivity contribution < 1.29 is 13.5 Å². The molecule has 3 nitrogen and oxygen atoms in total. The molecule has 0 aliphatic carbocycles. The molecule has 20 heavy (non-hydrogen) atoms. The fourth-order valence-corrected chi connectivity index (χ4v) is 2.14. The number of ether oxygens (including phenoxy) is 1. The molecule has 2 aromatic rings. The van der Waals surface area contributed by atoms with Gasteiger partial charge in [-0.3, -0.25) is 4.98 Å². The maximum atomic E-state index is 13.2. The lowest BCUT2D eigenvalue weighted by Gasteiger charge is -2.13. The van der Waals surface area contributed by atoms with Gasteiger partial charge in [-0.25, -0.2) is 8.78 Å². The van der Waals surface area contributed by atoms with Gasteiger partial charge in [0, 0.05) is 30.0 Å². The zero-order valence-electron chi connectivity index (χ0n) is 10.9. The van der Waals surface area contributed by atoms with Crippen LogP contribution in [0.15, 0.2) is 24.3 Å². The van der Waals surface area contributed by atoms with E-state index in [4.69, 9.17) is 22.7 Å². The summed E-state index contributed by atoms with van der Waals surface area (Å²) < 4.78 is 31.8. The molecule has 0 radical (unpaired) electrons. The van der Waals surface area contributed by atoms with E-state index >= 15 is 0 Å². The summed E-state index contributed by atoms with van der Waals surface area (Å²) in [4.78, 5) is 4.35. The van der Waals surface area contributed by atoms with Gasteiger partial charge in [-0.15, -0.1) is 0 Å². The topological polar surface area (TPSA) is 48.1 Å². The summed E-state index contributed by atoms with van der Waals surface area (Å²) in [5, 5.41) is 0. The molecule has 0 spiro atoms. The molecule has 0 aliphatic heterocycles. The first kappa shape index (κ1) is 14.3. The van der Waals surface area contributed by atoms with Crippen molar-refractivity contribution >= 4 is 17.2 Å². The third kappa shape index (κ3) is 3.08. The minimum atomic E-state index is -0.723. The second kappa shape index (κ2) is 5.50. The number of nitrogens with zero attached hydrogens (tertiary/aromatic N) is 1. The lowest BCUT2D eigenvalue weighted by atomic mass is 10.1. The highest BCUT2D eigenvalue weighted by Crippen LogP contribution is 2.28. The Balaban J connectivity index is 2.49. The summed E-state index contributed by atoms with van der Waals surface area (Å²) >= 11 is 4.96. The Morgan fingerprint density at radius 2 is 1.75 bits per heavy atom. The van der Waals surface area contributed by atoms with Gasteiger partial charge in [-0.1, -0.05) is 12.2 Å². The Morgan fingerprint density at radius 3 is 2.30 bits per heavy atom. The minimum absolute atomic E-state index is 0.0324. The van der Waals surface area contributed by atoms with Crippen molar-refractivity contribution in [3.05, 3.63) is 52.9 Å². The predicted molar refractivity (Wildman–Crippen MR) is 76.0 cm³/mol. The lowest BCUT2D eigenvalue weighted by molar-refractivity contribution is 0.466. The first-order valence-corrected chi connectivity index (χ1v) is 6.19. The number of halogens is 2. The maximum Gasteiger partial charge on any atom is 0.141 e. The molecule has 0 bridgehead atoms. The molecule has 0 fully saturated rings. The molecular formula is C14H12F2N2OS. The van der Waals surface area contributed by atoms with Gasteiger partial charge in [0.1, 0.15) is 28.1 Å². The smallest absolute Gasteiger partial charge is 0.141 e.